The maximum absolute atomic E-state index is 12.3. The van der Waals surface area contributed by atoms with Crippen molar-refractivity contribution < 1.29 is 9.59 Å². The number of hydrogen-bond acceptors (Lipinski definition) is 3. The van der Waals surface area contributed by atoms with Crippen molar-refractivity contribution in [1.29, 1.82) is 0 Å². The average molecular weight is 542 g/mol. The van der Waals surface area contributed by atoms with Gasteiger partial charge in [-0.15, -0.1) is 24.0 Å². The molecule has 9 heteroatoms. The summed E-state index contributed by atoms with van der Waals surface area (Å²) < 4.78 is 0. The molecule has 31 heavy (non-hydrogen) atoms. The van der Waals surface area contributed by atoms with Crippen molar-refractivity contribution in [3.05, 3.63) is 29.8 Å². The van der Waals surface area contributed by atoms with Crippen LogP contribution in [0.15, 0.2) is 29.3 Å². The molecule has 172 valence electrons. The van der Waals surface area contributed by atoms with Crippen molar-refractivity contribution in [3.63, 3.8) is 0 Å². The molecule has 0 aromatic heterocycles. The number of benzene rings is 1. The third-order valence-electron chi connectivity index (χ3n) is 5.90. The summed E-state index contributed by atoms with van der Waals surface area (Å²) in [7, 11) is 3.49. The maximum Gasteiger partial charge on any atom is 0.321 e. The Morgan fingerprint density at radius 1 is 1.10 bits per heavy atom. The normalized spacial score (nSPS) is 17.2. The SMILES string of the molecule is CN=C(NCc1cccc(NC(=O)N2CCCC2)c1)N1CCC(CC(=O)NC)CC1.I. The molecule has 1 aromatic rings. The molecule has 2 fully saturated rings. The average Bonchev–Trinajstić information content (AvgIpc) is 3.30. The largest absolute Gasteiger partial charge is 0.359 e. The van der Waals surface area contributed by atoms with Gasteiger partial charge in [0.2, 0.25) is 5.91 Å². The number of halogens is 1. The van der Waals surface area contributed by atoms with Gasteiger partial charge in [0.15, 0.2) is 5.96 Å². The van der Waals surface area contributed by atoms with Crippen LogP contribution in [-0.2, 0) is 11.3 Å². The lowest BCUT2D eigenvalue weighted by molar-refractivity contribution is -0.121. The molecular formula is C22H35IN6O2. The molecule has 2 aliphatic rings. The number of carbonyl (C=O) groups excluding carboxylic acids is 2. The molecule has 0 unspecified atom stereocenters. The van der Waals surface area contributed by atoms with Crippen molar-refractivity contribution in [1.82, 2.24) is 20.4 Å². The molecule has 0 aliphatic carbocycles. The summed E-state index contributed by atoms with van der Waals surface area (Å²) in [6.07, 6.45) is 4.75. The molecule has 0 spiro atoms. The Hall–Kier alpha value is -2.04. The molecule has 2 saturated heterocycles. The van der Waals surface area contributed by atoms with Crippen LogP contribution in [0.1, 0.15) is 37.7 Å². The third kappa shape index (κ3) is 7.55. The van der Waals surface area contributed by atoms with Crippen LogP contribution in [0.5, 0.6) is 0 Å². The van der Waals surface area contributed by atoms with Gasteiger partial charge in [0.1, 0.15) is 0 Å². The van der Waals surface area contributed by atoms with E-state index in [9.17, 15) is 9.59 Å². The van der Waals surface area contributed by atoms with E-state index < -0.39 is 0 Å². The van der Waals surface area contributed by atoms with Gasteiger partial charge >= 0.3 is 6.03 Å². The van der Waals surface area contributed by atoms with Gasteiger partial charge < -0.3 is 25.8 Å². The summed E-state index contributed by atoms with van der Waals surface area (Å²) in [6.45, 7) is 4.10. The van der Waals surface area contributed by atoms with Crippen molar-refractivity contribution in [3.8, 4) is 0 Å². The zero-order valence-electron chi connectivity index (χ0n) is 18.5. The molecule has 0 radical (unpaired) electrons. The molecule has 0 saturated carbocycles. The molecule has 8 nitrogen and oxygen atoms in total. The maximum atomic E-state index is 12.3. The van der Waals surface area contributed by atoms with E-state index in [-0.39, 0.29) is 35.9 Å². The first kappa shape index (κ1) is 25.2. The summed E-state index contributed by atoms with van der Waals surface area (Å²) in [5.41, 5.74) is 1.90. The number of guanidine groups is 1. The fraction of sp³-hybridized carbons (Fsp3) is 0.591. The number of nitrogens with one attached hydrogen (secondary N) is 3. The number of nitrogens with zero attached hydrogens (tertiary/aromatic N) is 3. The van der Waals surface area contributed by atoms with Crippen LogP contribution in [0.25, 0.3) is 0 Å². The van der Waals surface area contributed by atoms with E-state index in [1.807, 2.05) is 29.2 Å². The molecule has 3 rings (SSSR count). The first-order valence-corrected chi connectivity index (χ1v) is 10.9. The van der Waals surface area contributed by atoms with Crippen molar-refractivity contribution >= 4 is 47.6 Å². The molecule has 3 amide bonds. The molecular weight excluding hydrogens is 507 g/mol. The van der Waals surface area contributed by atoms with E-state index in [1.54, 1.807) is 14.1 Å². The predicted molar refractivity (Wildman–Crippen MR) is 135 cm³/mol. The van der Waals surface area contributed by atoms with Crippen molar-refractivity contribution in [2.75, 3.05) is 45.6 Å². The first-order valence-electron chi connectivity index (χ1n) is 10.9. The summed E-state index contributed by atoms with van der Waals surface area (Å²) >= 11 is 0. The highest BCUT2D eigenvalue weighted by atomic mass is 127. The summed E-state index contributed by atoms with van der Waals surface area (Å²) in [5, 5.41) is 9.14. The highest BCUT2D eigenvalue weighted by molar-refractivity contribution is 14.0. The predicted octanol–water partition coefficient (Wildman–Crippen LogP) is 2.86. The minimum atomic E-state index is -0.0203. The number of carbonyl (C=O) groups is 2. The highest BCUT2D eigenvalue weighted by Gasteiger charge is 2.23. The molecule has 2 aliphatic heterocycles. The number of rotatable bonds is 5. The van der Waals surface area contributed by atoms with Gasteiger partial charge in [-0.1, -0.05) is 12.1 Å². The number of amides is 3. The zero-order chi connectivity index (χ0) is 21.3. The standard InChI is InChI=1S/C22H34N6O2.HI/c1-23-20(29)15-17-8-12-27(13-9-17)21(24-2)25-16-18-6-5-7-19(14-18)26-22(30)28-10-3-4-11-28;/h5-7,14,17H,3-4,8-13,15-16H2,1-2H3,(H,23,29)(H,24,25)(H,26,30);1H. The Labute approximate surface area is 202 Å². The Morgan fingerprint density at radius 2 is 1.81 bits per heavy atom. The zero-order valence-corrected chi connectivity index (χ0v) is 20.9. The minimum absolute atomic E-state index is 0. The number of anilines is 1. The molecule has 3 N–H and O–H groups in total. The van der Waals surface area contributed by atoms with Crippen LogP contribution >= 0.6 is 24.0 Å². The van der Waals surface area contributed by atoms with E-state index in [2.05, 4.69) is 25.8 Å². The number of urea groups is 1. The van der Waals surface area contributed by atoms with Crippen LogP contribution in [0.3, 0.4) is 0 Å². The van der Waals surface area contributed by atoms with E-state index in [0.717, 1.165) is 69.1 Å². The molecule has 1 aromatic carbocycles. The fourth-order valence-corrected chi connectivity index (χ4v) is 4.11. The number of piperidine rings is 1. The number of hydrogen-bond donors (Lipinski definition) is 3. The Bertz CT molecular complexity index is 758. The first-order chi connectivity index (χ1) is 14.6. The van der Waals surface area contributed by atoms with Crippen molar-refractivity contribution in [2.24, 2.45) is 10.9 Å². The smallest absolute Gasteiger partial charge is 0.321 e. The van der Waals surface area contributed by atoms with E-state index in [1.165, 1.54) is 0 Å². The van der Waals surface area contributed by atoms with E-state index in [4.69, 9.17) is 0 Å². The molecule has 2 heterocycles. The van der Waals surface area contributed by atoms with Gasteiger partial charge in [0, 0.05) is 58.9 Å². The number of likely N-dealkylation sites (tertiary alicyclic amines) is 2. The molecule has 0 bridgehead atoms. The van der Waals surface area contributed by atoms with E-state index in [0.29, 0.717) is 18.9 Å². The lowest BCUT2D eigenvalue weighted by Crippen LogP contribution is -2.45. The summed E-state index contributed by atoms with van der Waals surface area (Å²) in [4.78, 5) is 32.4. The van der Waals surface area contributed by atoms with Crippen LogP contribution in [0.2, 0.25) is 0 Å². The molecule has 0 atom stereocenters. The van der Waals surface area contributed by atoms with Crippen LogP contribution < -0.4 is 16.0 Å². The van der Waals surface area contributed by atoms with Crippen LogP contribution in [0.4, 0.5) is 10.5 Å². The third-order valence-corrected chi connectivity index (χ3v) is 5.90. The van der Waals surface area contributed by atoms with Gasteiger partial charge in [-0.25, -0.2) is 4.79 Å². The Morgan fingerprint density at radius 3 is 2.45 bits per heavy atom. The van der Waals surface area contributed by atoms with Gasteiger partial charge in [0.25, 0.3) is 0 Å². The van der Waals surface area contributed by atoms with Gasteiger partial charge in [0.05, 0.1) is 0 Å². The Balaban J connectivity index is 0.00000341. The highest BCUT2D eigenvalue weighted by Crippen LogP contribution is 2.20. The van der Waals surface area contributed by atoms with Gasteiger partial charge in [-0.3, -0.25) is 9.79 Å². The van der Waals surface area contributed by atoms with Gasteiger partial charge in [-0.2, -0.15) is 0 Å². The number of aliphatic imine (C=N–C) groups is 1. The topological polar surface area (TPSA) is 89.1 Å². The quantitative estimate of drug-likeness (QED) is 0.304. The fourth-order valence-electron chi connectivity index (χ4n) is 4.11. The Kier molecular flexibility index (Phi) is 10.4. The summed E-state index contributed by atoms with van der Waals surface area (Å²) in [6, 6.07) is 7.91. The lowest BCUT2D eigenvalue weighted by atomic mass is 9.93. The second kappa shape index (κ2) is 12.7. The van der Waals surface area contributed by atoms with Crippen molar-refractivity contribution in [2.45, 2.75) is 38.6 Å². The van der Waals surface area contributed by atoms with E-state index >= 15 is 0 Å². The van der Waals surface area contributed by atoms with Crippen LogP contribution in [-0.4, -0.2) is 68.0 Å². The monoisotopic (exact) mass is 542 g/mol. The summed E-state index contributed by atoms with van der Waals surface area (Å²) in [5.74, 6) is 1.43. The second-order valence-corrected chi connectivity index (χ2v) is 8.03. The van der Waals surface area contributed by atoms with Crippen LogP contribution in [0, 0.1) is 5.92 Å². The minimum Gasteiger partial charge on any atom is -0.359 e. The second-order valence-electron chi connectivity index (χ2n) is 8.03. The lowest BCUT2D eigenvalue weighted by Gasteiger charge is -2.34. The van der Waals surface area contributed by atoms with Gasteiger partial charge in [-0.05, 0) is 49.3 Å².